The monoisotopic (exact) mass is 608 g/mol. The fraction of sp³-hybridized carbons (Fsp3) is 0.400. The van der Waals surface area contributed by atoms with E-state index in [1.54, 1.807) is 63.1 Å². The van der Waals surface area contributed by atoms with Crippen LogP contribution >= 0.6 is 0 Å². The first-order valence-corrected chi connectivity index (χ1v) is 14.2. The lowest BCUT2D eigenvalue weighted by Gasteiger charge is -2.38. The molecule has 14 nitrogen and oxygen atoms in total. The summed E-state index contributed by atoms with van der Waals surface area (Å²) in [5.74, 6) is 1.36. The Labute approximate surface area is 254 Å². The normalized spacial score (nSPS) is 18.0. The van der Waals surface area contributed by atoms with Crippen LogP contribution in [-0.4, -0.2) is 83.7 Å². The second-order valence-corrected chi connectivity index (χ2v) is 11.0. The van der Waals surface area contributed by atoms with Gasteiger partial charge in [-0.15, -0.1) is 0 Å². The molecular weight excluding hydrogens is 572 g/mol. The van der Waals surface area contributed by atoms with Gasteiger partial charge in [-0.2, -0.15) is 0 Å². The zero-order valence-electron chi connectivity index (χ0n) is 25.2. The number of benzene rings is 2. The number of fused-ring (bicyclic) bond motifs is 2. The van der Waals surface area contributed by atoms with Crippen LogP contribution in [0.15, 0.2) is 40.9 Å². The molecule has 3 atom stereocenters. The van der Waals surface area contributed by atoms with Gasteiger partial charge in [0.15, 0.2) is 17.3 Å². The number of aromatic nitrogens is 1. The van der Waals surface area contributed by atoms with Crippen molar-refractivity contribution in [3.63, 3.8) is 0 Å². The third-order valence-corrected chi connectivity index (χ3v) is 7.62. The highest BCUT2D eigenvalue weighted by Gasteiger charge is 2.34. The van der Waals surface area contributed by atoms with Gasteiger partial charge in [-0.25, -0.2) is 9.59 Å². The van der Waals surface area contributed by atoms with Gasteiger partial charge in [-0.3, -0.25) is 4.79 Å². The molecule has 2 aromatic carbocycles. The molecule has 5 amide bonds. The molecule has 0 aliphatic carbocycles. The van der Waals surface area contributed by atoms with Gasteiger partial charge in [-0.1, -0.05) is 12.1 Å². The summed E-state index contributed by atoms with van der Waals surface area (Å²) >= 11 is 0. The van der Waals surface area contributed by atoms with Crippen LogP contribution in [0, 0.1) is 19.8 Å². The van der Waals surface area contributed by atoms with Gasteiger partial charge in [0.1, 0.15) is 23.2 Å². The highest BCUT2D eigenvalue weighted by molar-refractivity contribution is 6.03. The number of anilines is 3. The van der Waals surface area contributed by atoms with Crippen molar-refractivity contribution >= 4 is 35.0 Å². The molecule has 0 bridgehead atoms. The standard InChI is InChI=1S/C30H36N6O8/c1-16-12-36(17(2)14-37)28(38)22-10-20(31-29(39)33-27-18(3)34-44-19(27)4)6-8-23(22)43-26(16)13-35(5)30(40)32-21-7-9-24-25(11-21)42-15-41-24/h6-11,16-17,26,37H,12-15H2,1-5H3,(H,32,40)(H2,31,33,39)/t16-,17+,26-/m1/s1. The summed E-state index contributed by atoms with van der Waals surface area (Å²) in [5, 5.41) is 22.1. The molecule has 14 heteroatoms. The van der Waals surface area contributed by atoms with E-state index in [0.717, 1.165) is 0 Å². The van der Waals surface area contributed by atoms with Gasteiger partial charge in [0.2, 0.25) is 6.79 Å². The first kappa shape index (κ1) is 30.5. The van der Waals surface area contributed by atoms with E-state index in [1.807, 2.05) is 6.92 Å². The van der Waals surface area contributed by atoms with Crippen molar-refractivity contribution in [3.05, 3.63) is 53.4 Å². The maximum absolute atomic E-state index is 13.7. The maximum atomic E-state index is 13.7. The number of likely N-dealkylation sites (N-methyl/N-ethyl adjacent to an activating group) is 1. The molecule has 0 fully saturated rings. The first-order valence-electron chi connectivity index (χ1n) is 14.2. The number of carbonyl (C=O) groups is 3. The third-order valence-electron chi connectivity index (χ3n) is 7.62. The van der Waals surface area contributed by atoms with Crippen molar-refractivity contribution in [1.82, 2.24) is 15.0 Å². The van der Waals surface area contributed by atoms with Crippen molar-refractivity contribution in [2.45, 2.75) is 39.8 Å². The van der Waals surface area contributed by atoms with Gasteiger partial charge in [-0.05, 0) is 51.1 Å². The van der Waals surface area contributed by atoms with Crippen LogP contribution in [0.1, 0.15) is 35.7 Å². The number of rotatable bonds is 7. The molecule has 1 aromatic heterocycles. The number of nitrogens with zero attached hydrogens (tertiary/aromatic N) is 3. The fourth-order valence-corrected chi connectivity index (χ4v) is 5.00. The lowest BCUT2D eigenvalue weighted by molar-refractivity contribution is 0.0371. The van der Waals surface area contributed by atoms with E-state index in [-0.39, 0.29) is 49.9 Å². The summed E-state index contributed by atoms with van der Waals surface area (Å²) in [6.07, 6.45) is -0.510. The van der Waals surface area contributed by atoms with E-state index in [2.05, 4.69) is 21.1 Å². The Hall–Kier alpha value is -4.98. The summed E-state index contributed by atoms with van der Waals surface area (Å²) in [7, 11) is 1.65. The van der Waals surface area contributed by atoms with Crippen LogP contribution in [-0.2, 0) is 0 Å². The average molecular weight is 609 g/mol. The minimum absolute atomic E-state index is 0.132. The molecule has 4 N–H and O–H groups in total. The molecule has 0 unspecified atom stereocenters. The minimum atomic E-state index is -0.541. The molecule has 234 valence electrons. The van der Waals surface area contributed by atoms with E-state index in [1.165, 1.54) is 11.0 Å². The number of aryl methyl sites for hydroxylation is 2. The third kappa shape index (κ3) is 6.49. The predicted octanol–water partition coefficient (Wildman–Crippen LogP) is 4.05. The molecule has 3 aromatic rings. The highest BCUT2D eigenvalue weighted by atomic mass is 16.7. The predicted molar refractivity (Wildman–Crippen MR) is 160 cm³/mol. The Balaban J connectivity index is 1.34. The van der Waals surface area contributed by atoms with E-state index in [9.17, 15) is 19.5 Å². The van der Waals surface area contributed by atoms with Gasteiger partial charge in [0.05, 0.1) is 24.8 Å². The van der Waals surface area contributed by atoms with Gasteiger partial charge >= 0.3 is 12.1 Å². The molecule has 3 heterocycles. The fourth-order valence-electron chi connectivity index (χ4n) is 5.00. The molecule has 5 rings (SSSR count). The second-order valence-electron chi connectivity index (χ2n) is 11.0. The van der Waals surface area contributed by atoms with Crippen LogP contribution < -0.4 is 30.2 Å². The summed E-state index contributed by atoms with van der Waals surface area (Å²) in [6.45, 7) is 7.44. The number of amides is 5. The van der Waals surface area contributed by atoms with Crippen LogP contribution in [0.4, 0.5) is 26.7 Å². The number of aliphatic hydroxyl groups is 1. The molecule has 0 radical (unpaired) electrons. The molecule has 2 aliphatic rings. The summed E-state index contributed by atoms with van der Waals surface area (Å²) in [5.41, 5.74) is 2.11. The number of hydrogen-bond acceptors (Lipinski definition) is 9. The Morgan fingerprint density at radius 3 is 2.48 bits per heavy atom. The van der Waals surface area contributed by atoms with Gasteiger partial charge < -0.3 is 49.6 Å². The van der Waals surface area contributed by atoms with E-state index in [4.69, 9.17) is 18.7 Å². The van der Waals surface area contributed by atoms with Crippen LogP contribution in [0.25, 0.3) is 0 Å². The number of carbonyl (C=O) groups excluding carboxylic acids is 3. The van der Waals surface area contributed by atoms with Crippen molar-refractivity contribution in [1.29, 1.82) is 0 Å². The van der Waals surface area contributed by atoms with Crippen molar-refractivity contribution in [2.24, 2.45) is 5.92 Å². The lowest BCUT2D eigenvalue weighted by atomic mass is 9.99. The molecule has 0 spiro atoms. The van der Waals surface area contributed by atoms with E-state index >= 15 is 0 Å². The number of nitrogens with one attached hydrogen (secondary N) is 3. The van der Waals surface area contributed by atoms with E-state index < -0.39 is 18.2 Å². The number of aliphatic hydroxyl groups excluding tert-OH is 1. The van der Waals surface area contributed by atoms with Crippen molar-refractivity contribution < 1.29 is 38.2 Å². The molecule has 0 saturated heterocycles. The Morgan fingerprint density at radius 1 is 1.07 bits per heavy atom. The first-order chi connectivity index (χ1) is 21.0. The van der Waals surface area contributed by atoms with Crippen LogP contribution in [0.5, 0.6) is 17.2 Å². The summed E-state index contributed by atoms with van der Waals surface area (Å²) in [4.78, 5) is 42.7. The SMILES string of the molecule is Cc1noc(C)c1NC(=O)Nc1ccc2c(c1)C(=O)N([C@@H](C)CO)C[C@@H](C)[C@@H](CN(C)C(=O)Nc1ccc3c(c1)OCO3)O2. The zero-order valence-corrected chi connectivity index (χ0v) is 25.2. The topological polar surface area (TPSA) is 168 Å². The smallest absolute Gasteiger partial charge is 0.323 e. The van der Waals surface area contributed by atoms with Crippen LogP contribution in [0.3, 0.4) is 0 Å². The molecule has 2 aliphatic heterocycles. The molecular formula is C30H36N6O8. The Bertz CT molecular complexity index is 1540. The summed E-state index contributed by atoms with van der Waals surface area (Å²) < 4.78 is 22.2. The molecule has 0 saturated carbocycles. The number of hydrogen-bond donors (Lipinski definition) is 4. The second kappa shape index (κ2) is 12.7. The Kier molecular flexibility index (Phi) is 8.81. The zero-order chi connectivity index (χ0) is 31.5. The van der Waals surface area contributed by atoms with Gasteiger partial charge in [0.25, 0.3) is 5.91 Å². The van der Waals surface area contributed by atoms with Crippen LogP contribution in [0.2, 0.25) is 0 Å². The number of ether oxygens (including phenoxy) is 3. The maximum Gasteiger partial charge on any atom is 0.323 e. The minimum Gasteiger partial charge on any atom is -0.487 e. The van der Waals surface area contributed by atoms with Gasteiger partial charge in [0, 0.05) is 37.0 Å². The average Bonchev–Trinajstić information content (AvgIpc) is 3.60. The largest absolute Gasteiger partial charge is 0.487 e. The number of urea groups is 2. The lowest BCUT2D eigenvalue weighted by Crippen LogP contribution is -2.50. The van der Waals surface area contributed by atoms with Crippen molar-refractivity contribution in [3.8, 4) is 17.2 Å². The highest BCUT2D eigenvalue weighted by Crippen LogP contribution is 2.35. The molecule has 44 heavy (non-hydrogen) atoms. The summed E-state index contributed by atoms with van der Waals surface area (Å²) in [6, 6.07) is 8.53. The van der Waals surface area contributed by atoms with Crippen molar-refractivity contribution in [2.75, 3.05) is 49.5 Å². The van der Waals surface area contributed by atoms with E-state index in [0.29, 0.717) is 45.8 Å². The Morgan fingerprint density at radius 2 is 1.77 bits per heavy atom. The quantitative estimate of drug-likeness (QED) is 0.309.